The number of aryl methyl sites for hydroxylation is 1. The van der Waals surface area contributed by atoms with E-state index in [1.807, 2.05) is 27.7 Å². The maximum Gasteiger partial charge on any atom is 0.355 e. The molecular weight excluding hydrogens is 320 g/mol. The van der Waals surface area contributed by atoms with Gasteiger partial charge in [0.2, 0.25) is 5.91 Å². The Kier molecular flexibility index (Phi) is 7.39. The number of nitrogens with zero attached hydrogens (tertiary/aromatic N) is 1. The first-order valence-corrected chi connectivity index (χ1v) is 8.79. The predicted molar refractivity (Wildman–Crippen MR) is 96.9 cm³/mol. The average Bonchev–Trinajstić information content (AvgIpc) is 2.78. The molecule has 0 bridgehead atoms. The van der Waals surface area contributed by atoms with Crippen LogP contribution in [0.3, 0.4) is 0 Å². The number of ketones is 1. The van der Waals surface area contributed by atoms with E-state index in [0.29, 0.717) is 28.9 Å². The molecule has 25 heavy (non-hydrogen) atoms. The number of carbonyl (C=O) groups is 3. The Hall–Kier alpha value is -2.11. The van der Waals surface area contributed by atoms with Crippen molar-refractivity contribution in [3.8, 4) is 0 Å². The molecule has 0 radical (unpaired) electrons. The van der Waals surface area contributed by atoms with Crippen LogP contribution in [-0.4, -0.2) is 46.7 Å². The van der Waals surface area contributed by atoms with Crippen molar-refractivity contribution in [1.82, 2.24) is 9.88 Å². The van der Waals surface area contributed by atoms with Crippen LogP contribution < -0.4 is 0 Å². The number of esters is 1. The third kappa shape index (κ3) is 5.18. The molecule has 1 rings (SSSR count). The molecule has 0 unspecified atom stereocenters. The van der Waals surface area contributed by atoms with Gasteiger partial charge in [-0.15, -0.1) is 0 Å². The minimum atomic E-state index is -0.473. The van der Waals surface area contributed by atoms with Gasteiger partial charge in [0.1, 0.15) is 5.69 Å². The van der Waals surface area contributed by atoms with Crippen molar-refractivity contribution in [2.24, 2.45) is 5.92 Å². The topological polar surface area (TPSA) is 79.5 Å². The first-order valence-electron chi connectivity index (χ1n) is 8.79. The molecule has 0 saturated carbocycles. The number of nitrogens with one attached hydrogen (secondary N) is 1. The quantitative estimate of drug-likeness (QED) is 0.576. The van der Waals surface area contributed by atoms with E-state index in [9.17, 15) is 14.4 Å². The van der Waals surface area contributed by atoms with E-state index in [2.05, 4.69) is 4.98 Å². The van der Waals surface area contributed by atoms with Crippen molar-refractivity contribution in [2.45, 2.75) is 60.9 Å². The highest BCUT2D eigenvalue weighted by Crippen LogP contribution is 2.20. The summed E-state index contributed by atoms with van der Waals surface area (Å²) in [6, 6.07) is -0.0701. The summed E-state index contributed by atoms with van der Waals surface area (Å²) in [5.74, 6) is -0.448. The standard InChI is InChI=1S/C19H30N2O4/c1-8-25-19(24)18-13(6)17(14(7)20-18)15(22)10-21(12(4)5)16(23)9-11(2)3/h11-12,20H,8-10H2,1-7H3. The maximum absolute atomic E-state index is 12.8. The number of rotatable bonds is 8. The summed E-state index contributed by atoms with van der Waals surface area (Å²) in [7, 11) is 0. The highest BCUT2D eigenvalue weighted by Gasteiger charge is 2.26. The predicted octanol–water partition coefficient (Wildman–Crippen LogP) is 3.27. The fourth-order valence-electron chi connectivity index (χ4n) is 2.83. The third-order valence-electron chi connectivity index (χ3n) is 4.04. The van der Waals surface area contributed by atoms with Gasteiger partial charge in [0.25, 0.3) is 0 Å². The molecule has 1 heterocycles. The smallest absolute Gasteiger partial charge is 0.355 e. The number of H-pyrrole nitrogens is 1. The monoisotopic (exact) mass is 350 g/mol. The zero-order valence-electron chi connectivity index (χ0n) is 16.4. The Morgan fingerprint density at radius 3 is 2.20 bits per heavy atom. The van der Waals surface area contributed by atoms with Crippen LogP contribution in [0.25, 0.3) is 0 Å². The Labute approximate surface area is 149 Å². The first kappa shape index (κ1) is 20.9. The molecule has 1 N–H and O–H groups in total. The zero-order valence-corrected chi connectivity index (χ0v) is 16.4. The van der Waals surface area contributed by atoms with Crippen LogP contribution in [0.5, 0.6) is 0 Å². The lowest BCUT2D eigenvalue weighted by atomic mass is 10.0. The summed E-state index contributed by atoms with van der Waals surface area (Å²) in [6.45, 7) is 13.2. The summed E-state index contributed by atoms with van der Waals surface area (Å²) in [5, 5.41) is 0. The molecule has 1 aromatic rings. The number of hydrogen-bond donors (Lipinski definition) is 1. The Morgan fingerprint density at radius 1 is 1.12 bits per heavy atom. The highest BCUT2D eigenvalue weighted by molar-refractivity contribution is 6.04. The van der Waals surface area contributed by atoms with Gasteiger partial charge in [-0.3, -0.25) is 9.59 Å². The second-order valence-electron chi connectivity index (χ2n) is 6.98. The van der Waals surface area contributed by atoms with Gasteiger partial charge >= 0.3 is 5.97 Å². The van der Waals surface area contributed by atoms with Crippen molar-refractivity contribution in [2.75, 3.05) is 13.2 Å². The van der Waals surface area contributed by atoms with Crippen LogP contribution in [0.1, 0.15) is 73.1 Å². The summed E-state index contributed by atoms with van der Waals surface area (Å²) < 4.78 is 5.01. The third-order valence-corrected chi connectivity index (χ3v) is 4.04. The lowest BCUT2D eigenvalue weighted by Gasteiger charge is -2.27. The van der Waals surface area contributed by atoms with E-state index < -0.39 is 5.97 Å². The highest BCUT2D eigenvalue weighted by atomic mass is 16.5. The van der Waals surface area contributed by atoms with Crippen LogP contribution >= 0.6 is 0 Å². The van der Waals surface area contributed by atoms with Gasteiger partial charge in [-0.2, -0.15) is 0 Å². The summed E-state index contributed by atoms with van der Waals surface area (Å²) in [4.78, 5) is 41.8. The van der Waals surface area contributed by atoms with Crippen LogP contribution in [0.2, 0.25) is 0 Å². The molecule has 0 aromatic carbocycles. The molecule has 1 aromatic heterocycles. The molecule has 0 aliphatic rings. The van der Waals surface area contributed by atoms with Gasteiger partial charge in [-0.05, 0) is 46.1 Å². The van der Waals surface area contributed by atoms with Crippen LogP contribution in [0.15, 0.2) is 0 Å². The number of amides is 1. The number of carbonyl (C=O) groups excluding carboxylic acids is 3. The number of aromatic amines is 1. The van der Waals surface area contributed by atoms with Gasteiger partial charge in [-0.25, -0.2) is 4.79 Å². The number of aromatic nitrogens is 1. The minimum absolute atomic E-state index is 0.00498. The van der Waals surface area contributed by atoms with E-state index in [1.54, 1.807) is 25.7 Å². The maximum atomic E-state index is 12.8. The number of hydrogen-bond acceptors (Lipinski definition) is 4. The Bertz CT molecular complexity index is 644. The lowest BCUT2D eigenvalue weighted by molar-refractivity contribution is -0.133. The molecule has 6 heteroatoms. The fraction of sp³-hybridized carbons (Fsp3) is 0.632. The van der Waals surface area contributed by atoms with Crippen molar-refractivity contribution in [3.63, 3.8) is 0 Å². The van der Waals surface area contributed by atoms with E-state index >= 15 is 0 Å². The van der Waals surface area contributed by atoms with E-state index in [4.69, 9.17) is 4.74 Å². The Balaban J connectivity index is 3.06. The molecule has 0 saturated heterocycles. The molecule has 0 atom stereocenters. The molecular formula is C19H30N2O4. The first-order chi connectivity index (χ1) is 11.6. The van der Waals surface area contributed by atoms with Crippen molar-refractivity contribution < 1.29 is 19.1 Å². The van der Waals surface area contributed by atoms with Gasteiger partial charge in [-0.1, -0.05) is 13.8 Å². The van der Waals surface area contributed by atoms with E-state index in [-0.39, 0.29) is 36.8 Å². The second-order valence-corrected chi connectivity index (χ2v) is 6.98. The second kappa shape index (κ2) is 8.83. The summed E-state index contributed by atoms with van der Waals surface area (Å²) in [6.07, 6.45) is 0.407. The van der Waals surface area contributed by atoms with Gasteiger partial charge < -0.3 is 14.6 Å². The van der Waals surface area contributed by atoms with Crippen LogP contribution in [-0.2, 0) is 9.53 Å². The van der Waals surface area contributed by atoms with Crippen molar-refractivity contribution >= 4 is 17.7 Å². The molecule has 0 fully saturated rings. The molecule has 0 aliphatic carbocycles. The zero-order chi connectivity index (χ0) is 19.3. The fourth-order valence-corrected chi connectivity index (χ4v) is 2.83. The normalized spacial score (nSPS) is 11.1. The molecule has 6 nitrogen and oxygen atoms in total. The molecule has 140 valence electrons. The SMILES string of the molecule is CCOC(=O)c1[nH]c(C)c(C(=O)CN(C(=O)CC(C)C)C(C)C)c1C. The molecule has 0 spiro atoms. The average molecular weight is 350 g/mol. The van der Waals surface area contributed by atoms with Gasteiger partial charge in [0.15, 0.2) is 5.78 Å². The number of ether oxygens (including phenoxy) is 1. The molecule has 1 amide bonds. The Morgan fingerprint density at radius 2 is 1.72 bits per heavy atom. The summed E-state index contributed by atoms with van der Waals surface area (Å²) >= 11 is 0. The van der Waals surface area contributed by atoms with Crippen molar-refractivity contribution in [3.05, 3.63) is 22.5 Å². The molecule has 0 aliphatic heterocycles. The van der Waals surface area contributed by atoms with Crippen LogP contribution in [0, 0.1) is 19.8 Å². The van der Waals surface area contributed by atoms with Crippen LogP contribution in [0.4, 0.5) is 0 Å². The minimum Gasteiger partial charge on any atom is -0.461 e. The van der Waals surface area contributed by atoms with Gasteiger partial charge in [0, 0.05) is 23.7 Å². The number of Topliss-reactive ketones (excluding diaryl/α,β-unsaturated/α-hetero) is 1. The summed E-state index contributed by atoms with van der Waals surface area (Å²) in [5.41, 5.74) is 1.95. The van der Waals surface area contributed by atoms with Gasteiger partial charge in [0.05, 0.1) is 13.2 Å². The lowest BCUT2D eigenvalue weighted by Crippen LogP contribution is -2.41. The van der Waals surface area contributed by atoms with E-state index in [0.717, 1.165) is 0 Å². The largest absolute Gasteiger partial charge is 0.461 e. The van der Waals surface area contributed by atoms with Crippen molar-refractivity contribution in [1.29, 1.82) is 0 Å². The van der Waals surface area contributed by atoms with E-state index in [1.165, 1.54) is 0 Å².